The predicted molar refractivity (Wildman–Crippen MR) is 96.4 cm³/mol. The number of carbonyl (C=O) groups excluding carboxylic acids is 1. The van der Waals surface area contributed by atoms with Crippen molar-refractivity contribution < 1.29 is 14.3 Å². The fourth-order valence-electron chi connectivity index (χ4n) is 2.67. The Morgan fingerprint density at radius 3 is 2.58 bits per heavy atom. The molecular formula is C18H29N3O3. The summed E-state index contributed by atoms with van der Waals surface area (Å²) in [6, 6.07) is 5.57. The van der Waals surface area contributed by atoms with Gasteiger partial charge in [-0.2, -0.15) is 0 Å². The van der Waals surface area contributed by atoms with E-state index in [1.807, 2.05) is 45.9 Å². The van der Waals surface area contributed by atoms with Gasteiger partial charge in [-0.25, -0.2) is 4.79 Å². The van der Waals surface area contributed by atoms with Crippen LogP contribution in [-0.4, -0.2) is 56.0 Å². The van der Waals surface area contributed by atoms with E-state index in [2.05, 4.69) is 4.90 Å². The normalized spacial score (nSPS) is 16.0. The van der Waals surface area contributed by atoms with Crippen LogP contribution in [0.5, 0.6) is 0 Å². The average Bonchev–Trinajstić information content (AvgIpc) is 2.48. The highest BCUT2D eigenvalue weighted by molar-refractivity contribution is 5.89. The first kappa shape index (κ1) is 18.5. The highest BCUT2D eigenvalue weighted by atomic mass is 16.6. The van der Waals surface area contributed by atoms with E-state index in [4.69, 9.17) is 15.2 Å². The largest absolute Gasteiger partial charge is 0.443 e. The minimum atomic E-state index is -0.532. The summed E-state index contributed by atoms with van der Waals surface area (Å²) >= 11 is 0. The van der Waals surface area contributed by atoms with Crippen LogP contribution in [0, 0.1) is 6.92 Å². The van der Waals surface area contributed by atoms with E-state index in [0.717, 1.165) is 44.1 Å². The van der Waals surface area contributed by atoms with E-state index in [-0.39, 0.29) is 6.09 Å². The number of morpholine rings is 1. The zero-order valence-electron chi connectivity index (χ0n) is 15.2. The third-order valence-electron chi connectivity index (χ3n) is 3.87. The smallest absolute Gasteiger partial charge is 0.414 e. The Labute approximate surface area is 144 Å². The van der Waals surface area contributed by atoms with Crippen molar-refractivity contribution in [2.75, 3.05) is 50.0 Å². The summed E-state index contributed by atoms with van der Waals surface area (Å²) in [6.45, 7) is 12.2. The number of aryl methyl sites for hydroxylation is 1. The number of nitrogen functional groups attached to an aromatic ring is 1. The van der Waals surface area contributed by atoms with Crippen LogP contribution >= 0.6 is 0 Å². The van der Waals surface area contributed by atoms with Gasteiger partial charge in [-0.3, -0.25) is 9.80 Å². The minimum absolute atomic E-state index is 0.330. The van der Waals surface area contributed by atoms with Gasteiger partial charge >= 0.3 is 6.09 Å². The number of nitrogens with zero attached hydrogens (tertiary/aromatic N) is 2. The van der Waals surface area contributed by atoms with Gasteiger partial charge in [0, 0.05) is 31.9 Å². The Morgan fingerprint density at radius 2 is 2.00 bits per heavy atom. The summed E-state index contributed by atoms with van der Waals surface area (Å²) < 4.78 is 11.0. The zero-order chi connectivity index (χ0) is 17.7. The van der Waals surface area contributed by atoms with Crippen molar-refractivity contribution >= 4 is 17.5 Å². The minimum Gasteiger partial charge on any atom is -0.443 e. The Morgan fingerprint density at radius 1 is 1.33 bits per heavy atom. The monoisotopic (exact) mass is 335 g/mol. The van der Waals surface area contributed by atoms with E-state index in [1.165, 1.54) is 0 Å². The zero-order valence-corrected chi connectivity index (χ0v) is 15.2. The second-order valence-corrected chi connectivity index (χ2v) is 7.13. The highest BCUT2D eigenvalue weighted by Crippen LogP contribution is 2.24. The summed E-state index contributed by atoms with van der Waals surface area (Å²) in [5, 5.41) is 0. The second kappa shape index (κ2) is 7.85. The number of nitrogens with two attached hydrogens (primary N) is 1. The van der Waals surface area contributed by atoms with Crippen molar-refractivity contribution in [1.29, 1.82) is 0 Å². The van der Waals surface area contributed by atoms with Gasteiger partial charge in [0.1, 0.15) is 5.60 Å². The average molecular weight is 335 g/mol. The van der Waals surface area contributed by atoms with Crippen molar-refractivity contribution in [3.8, 4) is 0 Å². The fraction of sp³-hybridized carbons (Fsp3) is 0.611. The van der Waals surface area contributed by atoms with Gasteiger partial charge in [0.15, 0.2) is 0 Å². The van der Waals surface area contributed by atoms with Crippen LogP contribution in [0.3, 0.4) is 0 Å². The molecule has 0 aromatic heterocycles. The molecule has 1 saturated heterocycles. The fourth-order valence-corrected chi connectivity index (χ4v) is 2.67. The molecule has 0 radical (unpaired) electrons. The van der Waals surface area contributed by atoms with Gasteiger partial charge in [0.25, 0.3) is 0 Å². The molecule has 6 heteroatoms. The molecule has 2 rings (SSSR count). The SMILES string of the molecule is Cc1cc(N)ccc1N(CCN1CCOCC1)C(=O)OC(C)(C)C. The van der Waals surface area contributed by atoms with E-state index in [9.17, 15) is 4.79 Å². The van der Waals surface area contributed by atoms with Gasteiger partial charge in [0.05, 0.1) is 18.9 Å². The Kier molecular flexibility index (Phi) is 6.07. The van der Waals surface area contributed by atoms with Crippen LogP contribution in [0.1, 0.15) is 26.3 Å². The van der Waals surface area contributed by atoms with Crippen molar-refractivity contribution in [3.63, 3.8) is 0 Å². The van der Waals surface area contributed by atoms with Gasteiger partial charge in [-0.1, -0.05) is 0 Å². The quantitative estimate of drug-likeness (QED) is 0.857. The van der Waals surface area contributed by atoms with Crippen LogP contribution < -0.4 is 10.6 Å². The number of carbonyl (C=O) groups is 1. The maximum atomic E-state index is 12.7. The van der Waals surface area contributed by atoms with Crippen LogP contribution in [0.15, 0.2) is 18.2 Å². The van der Waals surface area contributed by atoms with E-state index < -0.39 is 5.60 Å². The van der Waals surface area contributed by atoms with Gasteiger partial charge in [-0.15, -0.1) is 0 Å². The van der Waals surface area contributed by atoms with E-state index in [0.29, 0.717) is 12.2 Å². The molecule has 1 aromatic carbocycles. The summed E-state index contributed by atoms with van der Waals surface area (Å²) in [5.74, 6) is 0. The molecule has 24 heavy (non-hydrogen) atoms. The molecule has 1 aliphatic heterocycles. The summed E-state index contributed by atoms with van der Waals surface area (Å²) in [6.07, 6.45) is -0.330. The summed E-state index contributed by atoms with van der Waals surface area (Å²) in [4.78, 5) is 16.7. The lowest BCUT2D eigenvalue weighted by Crippen LogP contribution is -2.44. The lowest BCUT2D eigenvalue weighted by atomic mass is 10.1. The molecule has 0 atom stereocenters. The van der Waals surface area contributed by atoms with Crippen LogP contribution in [0.2, 0.25) is 0 Å². The van der Waals surface area contributed by atoms with E-state index in [1.54, 1.807) is 4.90 Å². The van der Waals surface area contributed by atoms with Crippen molar-refractivity contribution in [1.82, 2.24) is 4.90 Å². The highest BCUT2D eigenvalue weighted by Gasteiger charge is 2.25. The number of hydrogen-bond donors (Lipinski definition) is 1. The molecule has 1 heterocycles. The number of rotatable bonds is 4. The molecule has 134 valence electrons. The second-order valence-electron chi connectivity index (χ2n) is 7.13. The molecule has 1 fully saturated rings. The standard InChI is InChI=1S/C18H29N3O3/c1-14-13-15(19)5-6-16(14)21(17(22)24-18(2,3)4)8-7-20-9-11-23-12-10-20/h5-6,13H,7-12,19H2,1-4H3. The lowest BCUT2D eigenvalue weighted by Gasteiger charge is -2.32. The third kappa shape index (κ3) is 5.39. The molecular weight excluding hydrogens is 306 g/mol. The molecule has 0 saturated carbocycles. The molecule has 0 bridgehead atoms. The van der Waals surface area contributed by atoms with Crippen LogP contribution in [0.25, 0.3) is 0 Å². The number of anilines is 2. The Hall–Kier alpha value is -1.79. The molecule has 6 nitrogen and oxygen atoms in total. The molecule has 1 aromatic rings. The van der Waals surface area contributed by atoms with Gasteiger partial charge in [0.2, 0.25) is 0 Å². The number of amides is 1. The Balaban J connectivity index is 2.15. The number of benzene rings is 1. The maximum absolute atomic E-state index is 12.7. The van der Waals surface area contributed by atoms with Crippen molar-refractivity contribution in [3.05, 3.63) is 23.8 Å². The van der Waals surface area contributed by atoms with E-state index >= 15 is 0 Å². The van der Waals surface area contributed by atoms with Crippen LogP contribution in [-0.2, 0) is 9.47 Å². The molecule has 0 unspecified atom stereocenters. The lowest BCUT2D eigenvalue weighted by molar-refractivity contribution is 0.0375. The summed E-state index contributed by atoms with van der Waals surface area (Å²) in [7, 11) is 0. The Bertz CT molecular complexity index is 563. The number of hydrogen-bond acceptors (Lipinski definition) is 5. The third-order valence-corrected chi connectivity index (χ3v) is 3.87. The molecule has 2 N–H and O–H groups in total. The van der Waals surface area contributed by atoms with Crippen LogP contribution in [0.4, 0.5) is 16.2 Å². The molecule has 1 aliphatic rings. The predicted octanol–water partition coefficient (Wildman–Crippen LogP) is 2.65. The van der Waals surface area contributed by atoms with Crippen molar-refractivity contribution in [2.45, 2.75) is 33.3 Å². The van der Waals surface area contributed by atoms with Crippen molar-refractivity contribution in [2.24, 2.45) is 0 Å². The molecule has 0 aliphatic carbocycles. The molecule has 0 spiro atoms. The summed E-state index contributed by atoms with van der Waals surface area (Å²) in [5.41, 5.74) is 7.80. The first-order valence-corrected chi connectivity index (χ1v) is 8.43. The van der Waals surface area contributed by atoms with Gasteiger partial charge in [-0.05, 0) is 51.5 Å². The van der Waals surface area contributed by atoms with Gasteiger partial charge < -0.3 is 15.2 Å². The first-order chi connectivity index (χ1) is 11.3. The first-order valence-electron chi connectivity index (χ1n) is 8.43. The topological polar surface area (TPSA) is 68.0 Å². The number of ether oxygens (including phenoxy) is 2. The maximum Gasteiger partial charge on any atom is 0.414 e. The molecule has 1 amide bonds.